The van der Waals surface area contributed by atoms with Crippen LogP contribution in [-0.4, -0.2) is 24.5 Å². The SMILES string of the molecule is COc1ccc(CCN2C(=O)c3oc4ccccc4c(=O)c3[C@@H]2c2ccc(Br)cc2)cc1. The van der Waals surface area contributed by atoms with E-state index in [0.717, 1.165) is 21.3 Å². The first-order chi connectivity index (χ1) is 15.6. The van der Waals surface area contributed by atoms with Crippen LogP contribution >= 0.6 is 15.9 Å². The molecule has 5 rings (SSSR count). The lowest BCUT2D eigenvalue weighted by molar-refractivity contribution is 0.0730. The van der Waals surface area contributed by atoms with Crippen molar-refractivity contribution in [1.82, 2.24) is 4.90 Å². The van der Waals surface area contributed by atoms with Gasteiger partial charge in [-0.3, -0.25) is 9.59 Å². The number of amides is 1. The lowest BCUT2D eigenvalue weighted by Gasteiger charge is -2.25. The van der Waals surface area contributed by atoms with Gasteiger partial charge in [0.2, 0.25) is 5.76 Å². The Hall–Kier alpha value is -3.38. The zero-order chi connectivity index (χ0) is 22.2. The topological polar surface area (TPSA) is 59.8 Å². The van der Waals surface area contributed by atoms with Crippen molar-refractivity contribution < 1.29 is 13.9 Å². The van der Waals surface area contributed by atoms with Crippen molar-refractivity contribution >= 4 is 32.8 Å². The van der Waals surface area contributed by atoms with Crippen LogP contribution in [0.25, 0.3) is 11.0 Å². The number of hydrogen-bond acceptors (Lipinski definition) is 4. The molecule has 0 N–H and O–H groups in total. The quantitative estimate of drug-likeness (QED) is 0.379. The van der Waals surface area contributed by atoms with Crippen molar-refractivity contribution in [3.8, 4) is 5.75 Å². The van der Waals surface area contributed by atoms with Gasteiger partial charge in [-0.1, -0.05) is 52.3 Å². The summed E-state index contributed by atoms with van der Waals surface area (Å²) in [5.74, 6) is 0.660. The number of carbonyl (C=O) groups is 1. The molecule has 6 heteroatoms. The number of halogens is 1. The molecule has 160 valence electrons. The number of hydrogen-bond donors (Lipinski definition) is 0. The van der Waals surface area contributed by atoms with E-state index >= 15 is 0 Å². The summed E-state index contributed by atoms with van der Waals surface area (Å²) in [6, 6.07) is 22.1. The van der Waals surface area contributed by atoms with Gasteiger partial charge in [0.05, 0.1) is 24.1 Å². The molecule has 1 atom stereocenters. The average Bonchev–Trinajstić information content (AvgIpc) is 3.10. The minimum absolute atomic E-state index is 0.136. The van der Waals surface area contributed by atoms with Crippen LogP contribution in [-0.2, 0) is 6.42 Å². The van der Waals surface area contributed by atoms with Gasteiger partial charge in [0.25, 0.3) is 5.91 Å². The zero-order valence-corrected chi connectivity index (χ0v) is 19.0. The van der Waals surface area contributed by atoms with Crippen LogP contribution in [0, 0.1) is 0 Å². The van der Waals surface area contributed by atoms with E-state index in [9.17, 15) is 9.59 Å². The molecule has 1 aromatic heterocycles. The van der Waals surface area contributed by atoms with Crippen LogP contribution in [0.2, 0.25) is 0 Å². The van der Waals surface area contributed by atoms with Crippen LogP contribution < -0.4 is 10.2 Å². The minimum Gasteiger partial charge on any atom is -0.497 e. The Kier molecular flexibility index (Phi) is 5.31. The van der Waals surface area contributed by atoms with E-state index in [1.165, 1.54) is 0 Å². The van der Waals surface area contributed by atoms with Crippen LogP contribution in [0.4, 0.5) is 0 Å². The Morgan fingerprint density at radius 1 is 0.969 bits per heavy atom. The fraction of sp³-hybridized carbons (Fsp3) is 0.154. The highest BCUT2D eigenvalue weighted by molar-refractivity contribution is 9.10. The molecule has 0 radical (unpaired) electrons. The van der Waals surface area contributed by atoms with E-state index < -0.39 is 6.04 Å². The molecule has 1 aliphatic heterocycles. The first-order valence-electron chi connectivity index (χ1n) is 10.3. The molecule has 0 saturated heterocycles. The summed E-state index contributed by atoms with van der Waals surface area (Å²) in [7, 11) is 1.63. The van der Waals surface area contributed by atoms with Crippen molar-refractivity contribution in [3.05, 3.63) is 110 Å². The van der Waals surface area contributed by atoms with E-state index in [4.69, 9.17) is 9.15 Å². The molecule has 1 amide bonds. The molecular weight excluding hydrogens is 470 g/mol. The standard InChI is InChI=1S/C26H20BrNO4/c1-31-19-12-6-16(7-13-19)14-15-28-23(17-8-10-18(27)11-9-17)22-24(29)20-4-2-3-5-21(20)32-25(22)26(28)30/h2-13,23H,14-15H2,1H3/t23-/m0/s1. The van der Waals surface area contributed by atoms with Crippen LogP contribution in [0.15, 0.2) is 86.5 Å². The highest BCUT2D eigenvalue weighted by atomic mass is 79.9. The van der Waals surface area contributed by atoms with Gasteiger partial charge in [0.15, 0.2) is 5.43 Å². The summed E-state index contributed by atoms with van der Waals surface area (Å²) < 4.78 is 12.1. The van der Waals surface area contributed by atoms with Gasteiger partial charge in [-0.15, -0.1) is 0 Å². The number of rotatable bonds is 5. The molecular formula is C26H20BrNO4. The predicted molar refractivity (Wildman–Crippen MR) is 126 cm³/mol. The second kappa shape index (κ2) is 8.28. The smallest absolute Gasteiger partial charge is 0.290 e. The number of para-hydroxylation sites is 1. The number of benzene rings is 3. The molecule has 0 saturated carbocycles. The summed E-state index contributed by atoms with van der Waals surface area (Å²) in [4.78, 5) is 28.6. The normalized spacial score (nSPS) is 15.2. The third kappa shape index (κ3) is 3.50. The van der Waals surface area contributed by atoms with Crippen LogP contribution in [0.5, 0.6) is 5.75 Å². The van der Waals surface area contributed by atoms with Gasteiger partial charge < -0.3 is 14.1 Å². The zero-order valence-electron chi connectivity index (χ0n) is 17.4. The number of carbonyl (C=O) groups excluding carboxylic acids is 1. The molecule has 0 bridgehead atoms. The lowest BCUT2D eigenvalue weighted by Crippen LogP contribution is -2.31. The maximum absolute atomic E-state index is 13.4. The van der Waals surface area contributed by atoms with E-state index in [1.807, 2.05) is 48.5 Å². The Morgan fingerprint density at radius 2 is 1.69 bits per heavy atom. The molecule has 0 aliphatic carbocycles. The third-order valence-corrected chi connectivity index (χ3v) is 6.39. The average molecular weight is 490 g/mol. The largest absolute Gasteiger partial charge is 0.497 e. The highest BCUT2D eigenvalue weighted by Crippen LogP contribution is 2.38. The third-order valence-electron chi connectivity index (χ3n) is 5.86. The Labute approximate surface area is 193 Å². The monoisotopic (exact) mass is 489 g/mol. The minimum atomic E-state index is -0.496. The molecule has 2 heterocycles. The number of nitrogens with zero attached hydrogens (tertiary/aromatic N) is 1. The Balaban J connectivity index is 1.58. The summed E-state index contributed by atoms with van der Waals surface area (Å²) >= 11 is 3.46. The number of fused-ring (bicyclic) bond motifs is 2. The second-order valence-corrected chi connectivity index (χ2v) is 8.64. The molecule has 0 unspecified atom stereocenters. The fourth-order valence-electron chi connectivity index (χ4n) is 4.23. The molecule has 5 nitrogen and oxygen atoms in total. The van der Waals surface area contributed by atoms with Crippen LogP contribution in [0.3, 0.4) is 0 Å². The summed E-state index contributed by atoms with van der Waals surface area (Å²) in [6.07, 6.45) is 0.643. The highest BCUT2D eigenvalue weighted by Gasteiger charge is 2.42. The molecule has 4 aromatic rings. The molecule has 0 fully saturated rings. The van der Waals surface area contributed by atoms with Crippen molar-refractivity contribution in [2.45, 2.75) is 12.5 Å². The summed E-state index contributed by atoms with van der Waals surface area (Å²) in [5, 5.41) is 0.484. The number of methoxy groups -OCH3 is 1. The van der Waals surface area contributed by atoms with E-state index in [-0.39, 0.29) is 17.1 Å². The molecule has 0 spiro atoms. The molecule has 32 heavy (non-hydrogen) atoms. The van der Waals surface area contributed by atoms with E-state index in [2.05, 4.69) is 15.9 Å². The first kappa shape index (κ1) is 20.5. The van der Waals surface area contributed by atoms with Crippen molar-refractivity contribution in [3.63, 3.8) is 0 Å². The Morgan fingerprint density at radius 3 is 2.41 bits per heavy atom. The molecule has 3 aromatic carbocycles. The van der Waals surface area contributed by atoms with Crippen molar-refractivity contribution in [2.75, 3.05) is 13.7 Å². The maximum atomic E-state index is 13.4. The summed E-state index contributed by atoms with van der Waals surface area (Å²) in [6.45, 7) is 0.450. The second-order valence-electron chi connectivity index (χ2n) is 7.72. The van der Waals surface area contributed by atoms with Crippen molar-refractivity contribution in [1.29, 1.82) is 0 Å². The maximum Gasteiger partial charge on any atom is 0.290 e. The van der Waals surface area contributed by atoms with Crippen molar-refractivity contribution in [2.24, 2.45) is 0 Å². The van der Waals surface area contributed by atoms with Gasteiger partial charge >= 0.3 is 0 Å². The van der Waals surface area contributed by atoms with Gasteiger partial charge in [-0.05, 0) is 53.9 Å². The predicted octanol–water partition coefficient (Wildman–Crippen LogP) is 5.35. The lowest BCUT2D eigenvalue weighted by atomic mass is 9.98. The molecule has 1 aliphatic rings. The van der Waals surface area contributed by atoms with Gasteiger partial charge in [-0.25, -0.2) is 0 Å². The Bertz CT molecular complexity index is 1360. The first-order valence-corrected chi connectivity index (χ1v) is 11.1. The van der Waals surface area contributed by atoms with Gasteiger partial charge in [0, 0.05) is 11.0 Å². The van der Waals surface area contributed by atoms with Crippen LogP contribution in [0.1, 0.15) is 33.3 Å². The van der Waals surface area contributed by atoms with Gasteiger partial charge in [0.1, 0.15) is 11.3 Å². The fourth-order valence-corrected chi connectivity index (χ4v) is 4.50. The van der Waals surface area contributed by atoms with E-state index in [0.29, 0.717) is 29.5 Å². The van der Waals surface area contributed by atoms with E-state index in [1.54, 1.807) is 36.3 Å². The van der Waals surface area contributed by atoms with Gasteiger partial charge in [-0.2, -0.15) is 0 Å². The number of ether oxygens (including phenoxy) is 1. The summed E-state index contributed by atoms with van der Waals surface area (Å²) in [5.41, 5.74) is 2.63.